The summed E-state index contributed by atoms with van der Waals surface area (Å²) in [7, 11) is -1.27. The van der Waals surface area contributed by atoms with E-state index in [0.717, 1.165) is 0 Å². The highest BCUT2D eigenvalue weighted by atomic mass is 35.5. The maximum atomic E-state index is 11.7. The molecule has 0 heterocycles. The summed E-state index contributed by atoms with van der Waals surface area (Å²) in [6.45, 7) is 5.59. The van der Waals surface area contributed by atoms with E-state index in [-0.39, 0.29) is 4.75 Å². The van der Waals surface area contributed by atoms with Gasteiger partial charge in [-0.25, -0.2) is 4.21 Å². The van der Waals surface area contributed by atoms with E-state index in [1.54, 1.807) is 18.2 Å². The van der Waals surface area contributed by atoms with Gasteiger partial charge in [0.05, 0.1) is 9.77 Å². The second kappa shape index (κ2) is 5.30. The molecule has 1 atom stereocenters. The lowest BCUT2D eigenvalue weighted by Gasteiger charge is -2.12. The van der Waals surface area contributed by atoms with Gasteiger partial charge in [0.15, 0.2) is 0 Å². The first kappa shape index (κ1) is 13.7. The Labute approximate surface area is 108 Å². The zero-order chi connectivity index (χ0) is 12.3. The minimum atomic E-state index is -1.27. The van der Waals surface area contributed by atoms with Crippen molar-refractivity contribution in [2.24, 2.45) is 4.40 Å². The first-order valence-corrected chi connectivity index (χ1v) is 6.58. The Morgan fingerprint density at radius 3 is 2.44 bits per heavy atom. The molecule has 0 radical (unpaired) electrons. The second-order valence-electron chi connectivity index (χ2n) is 4.26. The summed E-state index contributed by atoms with van der Waals surface area (Å²) in [5.74, 6) is 0. The predicted molar refractivity (Wildman–Crippen MR) is 72.0 cm³/mol. The normalized spacial score (nSPS) is 14.3. The van der Waals surface area contributed by atoms with Crippen LogP contribution >= 0.6 is 23.2 Å². The van der Waals surface area contributed by atoms with Crippen molar-refractivity contribution in [2.45, 2.75) is 25.5 Å². The summed E-state index contributed by atoms with van der Waals surface area (Å²) < 4.78 is 15.3. The molecule has 88 valence electrons. The average molecular weight is 278 g/mol. The summed E-state index contributed by atoms with van der Waals surface area (Å²) in [4.78, 5) is 0. The van der Waals surface area contributed by atoms with Crippen molar-refractivity contribution in [3.8, 4) is 0 Å². The third-order valence-corrected chi connectivity index (χ3v) is 3.68. The van der Waals surface area contributed by atoms with Gasteiger partial charge in [-0.3, -0.25) is 0 Å². The van der Waals surface area contributed by atoms with Crippen LogP contribution in [0.3, 0.4) is 0 Å². The van der Waals surface area contributed by atoms with Crippen LogP contribution in [0.4, 0.5) is 0 Å². The Morgan fingerprint density at radius 2 is 1.94 bits per heavy atom. The molecule has 0 bridgehead atoms. The lowest BCUT2D eigenvalue weighted by molar-refractivity contribution is 0.651. The van der Waals surface area contributed by atoms with E-state index in [4.69, 9.17) is 23.2 Å². The molecular formula is C11H13Cl2NOS. The average Bonchev–Trinajstić information content (AvgIpc) is 2.14. The van der Waals surface area contributed by atoms with Gasteiger partial charge < -0.3 is 0 Å². The highest BCUT2D eigenvalue weighted by Gasteiger charge is 2.18. The molecule has 0 aromatic heterocycles. The van der Waals surface area contributed by atoms with Crippen molar-refractivity contribution in [3.05, 3.63) is 33.8 Å². The SMILES string of the molecule is CC(C)(C)[S@@](=O)/N=C/c1ccc(Cl)cc1Cl. The van der Waals surface area contributed by atoms with Gasteiger partial charge in [0, 0.05) is 16.8 Å². The predicted octanol–water partition coefficient (Wildman–Crippen LogP) is 3.87. The number of hydrogen-bond donors (Lipinski definition) is 0. The first-order valence-electron chi connectivity index (χ1n) is 4.72. The molecule has 0 unspecified atom stereocenters. The van der Waals surface area contributed by atoms with Crippen LogP contribution in [0.15, 0.2) is 22.6 Å². The fourth-order valence-electron chi connectivity index (χ4n) is 0.869. The molecule has 0 saturated heterocycles. The summed E-state index contributed by atoms with van der Waals surface area (Å²) in [5, 5.41) is 1.07. The lowest BCUT2D eigenvalue weighted by atomic mass is 10.2. The molecule has 0 amide bonds. The van der Waals surface area contributed by atoms with Crippen molar-refractivity contribution in [1.82, 2.24) is 0 Å². The molecule has 0 N–H and O–H groups in total. The molecular weight excluding hydrogens is 265 g/mol. The smallest absolute Gasteiger partial charge is 0.144 e. The maximum Gasteiger partial charge on any atom is 0.144 e. The fourth-order valence-corrected chi connectivity index (χ4v) is 1.85. The molecule has 0 spiro atoms. The van der Waals surface area contributed by atoms with Crippen molar-refractivity contribution >= 4 is 40.4 Å². The van der Waals surface area contributed by atoms with E-state index in [1.807, 2.05) is 20.8 Å². The number of hydrogen-bond acceptors (Lipinski definition) is 1. The van der Waals surface area contributed by atoms with Crippen molar-refractivity contribution < 1.29 is 4.21 Å². The quantitative estimate of drug-likeness (QED) is 0.755. The van der Waals surface area contributed by atoms with Gasteiger partial charge in [-0.05, 0) is 32.9 Å². The zero-order valence-corrected chi connectivity index (χ0v) is 11.7. The minimum absolute atomic E-state index is 0.366. The summed E-state index contributed by atoms with van der Waals surface area (Å²) >= 11 is 11.7. The van der Waals surface area contributed by atoms with Crippen LogP contribution in [0.5, 0.6) is 0 Å². The van der Waals surface area contributed by atoms with Crippen LogP contribution in [-0.4, -0.2) is 15.2 Å². The molecule has 0 fully saturated rings. The van der Waals surface area contributed by atoms with Gasteiger partial charge in [-0.2, -0.15) is 4.40 Å². The molecule has 0 saturated carbocycles. The number of rotatable bonds is 2. The molecule has 16 heavy (non-hydrogen) atoms. The Morgan fingerprint density at radius 1 is 1.31 bits per heavy atom. The maximum absolute atomic E-state index is 11.7. The summed E-state index contributed by atoms with van der Waals surface area (Å²) in [6.07, 6.45) is 1.51. The number of benzene rings is 1. The van der Waals surface area contributed by atoms with Crippen LogP contribution in [0.1, 0.15) is 26.3 Å². The Bertz CT molecular complexity index is 438. The molecule has 1 aromatic rings. The summed E-state index contributed by atoms with van der Waals surface area (Å²) in [6, 6.07) is 5.09. The second-order valence-corrected chi connectivity index (χ2v) is 7.04. The molecule has 1 aromatic carbocycles. The molecule has 5 heteroatoms. The highest BCUT2D eigenvalue weighted by molar-refractivity contribution is 7.85. The standard InChI is InChI=1S/C11H13Cl2NOS/c1-11(2,3)16(15)14-7-8-4-5-9(12)6-10(8)13/h4-7H,1-3H3/b14-7+/t16-/m1/s1. The van der Waals surface area contributed by atoms with E-state index in [2.05, 4.69) is 4.40 Å². The Hall–Kier alpha value is -0.380. The van der Waals surface area contributed by atoms with E-state index < -0.39 is 11.0 Å². The Kier molecular flexibility index (Phi) is 4.53. The van der Waals surface area contributed by atoms with E-state index in [1.165, 1.54) is 6.21 Å². The minimum Gasteiger partial charge on any atom is -0.234 e. The molecule has 0 aliphatic carbocycles. The molecule has 2 nitrogen and oxygen atoms in total. The third-order valence-electron chi connectivity index (χ3n) is 1.77. The van der Waals surface area contributed by atoms with Crippen molar-refractivity contribution in [3.63, 3.8) is 0 Å². The van der Waals surface area contributed by atoms with Gasteiger partial charge in [0.25, 0.3) is 0 Å². The van der Waals surface area contributed by atoms with Crippen molar-refractivity contribution in [1.29, 1.82) is 0 Å². The first-order chi connectivity index (χ1) is 7.30. The van der Waals surface area contributed by atoms with Crippen LogP contribution < -0.4 is 0 Å². The van der Waals surface area contributed by atoms with Gasteiger partial charge in [-0.1, -0.05) is 29.3 Å². The third kappa shape index (κ3) is 3.89. The van der Waals surface area contributed by atoms with Crippen molar-refractivity contribution in [2.75, 3.05) is 0 Å². The van der Waals surface area contributed by atoms with Crippen LogP contribution in [-0.2, 0) is 11.0 Å². The van der Waals surface area contributed by atoms with Crippen LogP contribution in [0, 0.1) is 0 Å². The molecule has 0 aliphatic heterocycles. The summed E-state index contributed by atoms with van der Waals surface area (Å²) in [5.41, 5.74) is 0.712. The monoisotopic (exact) mass is 277 g/mol. The number of nitrogens with zero attached hydrogens (tertiary/aromatic N) is 1. The van der Waals surface area contributed by atoms with Gasteiger partial charge in [0.2, 0.25) is 0 Å². The Balaban J connectivity index is 2.89. The van der Waals surface area contributed by atoms with Crippen LogP contribution in [0.2, 0.25) is 10.0 Å². The number of halogens is 2. The van der Waals surface area contributed by atoms with E-state index in [9.17, 15) is 4.21 Å². The molecule has 1 rings (SSSR count). The van der Waals surface area contributed by atoms with E-state index in [0.29, 0.717) is 15.6 Å². The topological polar surface area (TPSA) is 29.4 Å². The van der Waals surface area contributed by atoms with Gasteiger partial charge in [-0.15, -0.1) is 0 Å². The largest absolute Gasteiger partial charge is 0.234 e. The van der Waals surface area contributed by atoms with Gasteiger partial charge in [0.1, 0.15) is 11.0 Å². The lowest BCUT2D eigenvalue weighted by Crippen LogP contribution is -2.19. The highest BCUT2D eigenvalue weighted by Crippen LogP contribution is 2.20. The van der Waals surface area contributed by atoms with Crippen LogP contribution in [0.25, 0.3) is 0 Å². The van der Waals surface area contributed by atoms with E-state index >= 15 is 0 Å². The fraction of sp³-hybridized carbons (Fsp3) is 0.364. The van der Waals surface area contributed by atoms with Gasteiger partial charge >= 0.3 is 0 Å². The molecule has 0 aliphatic rings. The zero-order valence-electron chi connectivity index (χ0n) is 9.33.